The lowest BCUT2D eigenvalue weighted by molar-refractivity contribution is 0.0986. The second-order valence-electron chi connectivity index (χ2n) is 5.73. The molecule has 0 fully saturated rings. The Morgan fingerprint density at radius 3 is 2.96 bits per heavy atom. The predicted molar refractivity (Wildman–Crippen MR) is 98.5 cm³/mol. The van der Waals surface area contributed by atoms with Crippen LogP contribution in [0.3, 0.4) is 0 Å². The lowest BCUT2D eigenvalue weighted by Gasteiger charge is -1.99. The maximum absolute atomic E-state index is 12.4. The van der Waals surface area contributed by atoms with Crippen LogP contribution in [-0.4, -0.2) is 15.8 Å². The van der Waals surface area contributed by atoms with Crippen LogP contribution in [0.25, 0.3) is 22.0 Å². The molecule has 1 N–H and O–H groups in total. The molecule has 0 atom stereocenters. The third-order valence-electron chi connectivity index (χ3n) is 4.14. The number of H-pyrrole nitrogens is 1. The number of benzene rings is 1. The number of pyridine rings is 1. The second kappa shape index (κ2) is 6.42. The summed E-state index contributed by atoms with van der Waals surface area (Å²) >= 11 is 1.52. The predicted octanol–water partition coefficient (Wildman–Crippen LogP) is 5.11. The fourth-order valence-corrected chi connectivity index (χ4v) is 3.74. The number of hydrogen-bond donors (Lipinski definition) is 1. The number of aryl methyl sites for hydroxylation is 1. The number of Topliss-reactive ketones (excluding diaryl/α,β-unsaturated/α-hetero) is 1. The molecular weight excluding hydrogens is 316 g/mol. The van der Waals surface area contributed by atoms with Crippen LogP contribution in [0.15, 0.2) is 66.4 Å². The summed E-state index contributed by atoms with van der Waals surface area (Å²) in [5.74, 6) is 0.190. The van der Waals surface area contributed by atoms with E-state index in [4.69, 9.17) is 0 Å². The van der Waals surface area contributed by atoms with E-state index in [0.29, 0.717) is 6.42 Å². The van der Waals surface area contributed by atoms with Gasteiger partial charge in [-0.1, -0.05) is 24.3 Å². The number of thiophene rings is 1. The highest BCUT2D eigenvalue weighted by atomic mass is 32.1. The van der Waals surface area contributed by atoms with E-state index in [1.54, 1.807) is 6.20 Å². The van der Waals surface area contributed by atoms with E-state index < -0.39 is 0 Å². The van der Waals surface area contributed by atoms with Gasteiger partial charge in [-0.3, -0.25) is 9.78 Å². The first-order chi connectivity index (χ1) is 11.8. The topological polar surface area (TPSA) is 45.8 Å². The van der Waals surface area contributed by atoms with Crippen LogP contribution in [0.5, 0.6) is 0 Å². The molecule has 0 aliphatic rings. The maximum atomic E-state index is 12.4. The molecule has 1 aromatic carbocycles. The normalized spacial score (nSPS) is 11.0. The van der Waals surface area contributed by atoms with Gasteiger partial charge in [0.1, 0.15) is 0 Å². The molecule has 0 aliphatic carbocycles. The molecule has 0 aliphatic heterocycles. The van der Waals surface area contributed by atoms with Crippen LogP contribution in [0.1, 0.15) is 21.7 Å². The zero-order valence-corrected chi connectivity index (χ0v) is 13.8. The molecule has 24 heavy (non-hydrogen) atoms. The molecule has 4 aromatic rings. The van der Waals surface area contributed by atoms with Gasteiger partial charge in [0.15, 0.2) is 5.78 Å². The van der Waals surface area contributed by atoms with Gasteiger partial charge in [0.05, 0.1) is 4.88 Å². The van der Waals surface area contributed by atoms with E-state index in [1.807, 2.05) is 42.7 Å². The average Bonchev–Trinajstić information content (AvgIpc) is 3.27. The Labute approximate surface area is 144 Å². The molecule has 0 saturated heterocycles. The number of aromatic nitrogens is 2. The molecule has 0 spiro atoms. The minimum atomic E-state index is 0.190. The second-order valence-corrected chi connectivity index (χ2v) is 6.64. The smallest absolute Gasteiger partial charge is 0.173 e. The van der Waals surface area contributed by atoms with Crippen molar-refractivity contribution in [3.8, 4) is 11.1 Å². The summed E-state index contributed by atoms with van der Waals surface area (Å²) in [4.78, 5) is 20.6. The number of hydrogen-bond acceptors (Lipinski definition) is 3. The Kier molecular flexibility index (Phi) is 3.97. The van der Waals surface area contributed by atoms with Crippen LogP contribution in [-0.2, 0) is 6.42 Å². The van der Waals surface area contributed by atoms with E-state index >= 15 is 0 Å². The minimum Gasteiger partial charge on any atom is -0.361 e. The van der Waals surface area contributed by atoms with Gasteiger partial charge in [-0.25, -0.2) is 0 Å². The molecule has 0 amide bonds. The van der Waals surface area contributed by atoms with E-state index in [0.717, 1.165) is 33.5 Å². The van der Waals surface area contributed by atoms with Crippen LogP contribution in [0, 0.1) is 0 Å². The van der Waals surface area contributed by atoms with Crippen molar-refractivity contribution in [1.29, 1.82) is 0 Å². The minimum absolute atomic E-state index is 0.190. The third-order valence-corrected chi connectivity index (χ3v) is 5.11. The monoisotopic (exact) mass is 332 g/mol. The molecule has 3 nitrogen and oxygen atoms in total. The molecule has 3 aromatic heterocycles. The molecule has 0 saturated carbocycles. The fourth-order valence-electron chi connectivity index (χ4n) is 2.86. The largest absolute Gasteiger partial charge is 0.361 e. The lowest BCUT2D eigenvalue weighted by Crippen LogP contribution is -1.98. The summed E-state index contributed by atoms with van der Waals surface area (Å²) in [6.45, 7) is 0. The summed E-state index contributed by atoms with van der Waals surface area (Å²) in [5.41, 5.74) is 4.46. The van der Waals surface area contributed by atoms with E-state index in [-0.39, 0.29) is 5.78 Å². The van der Waals surface area contributed by atoms with Gasteiger partial charge in [-0.2, -0.15) is 0 Å². The number of fused-ring (bicyclic) bond motifs is 1. The summed E-state index contributed by atoms with van der Waals surface area (Å²) in [5, 5.41) is 3.25. The number of nitrogens with one attached hydrogen (secondary N) is 1. The first kappa shape index (κ1) is 14.8. The third kappa shape index (κ3) is 2.88. The van der Waals surface area contributed by atoms with Gasteiger partial charge < -0.3 is 4.98 Å². The Morgan fingerprint density at radius 1 is 1.17 bits per heavy atom. The molecule has 118 valence electrons. The Morgan fingerprint density at radius 2 is 2.08 bits per heavy atom. The number of rotatable bonds is 5. The Balaban J connectivity index is 1.53. The summed E-state index contributed by atoms with van der Waals surface area (Å²) in [7, 11) is 0. The van der Waals surface area contributed by atoms with Gasteiger partial charge in [0, 0.05) is 41.5 Å². The van der Waals surface area contributed by atoms with Crippen LogP contribution in [0.2, 0.25) is 0 Å². The summed E-state index contributed by atoms with van der Waals surface area (Å²) in [6.07, 6.45) is 6.82. The Hall–Kier alpha value is -2.72. The average molecular weight is 332 g/mol. The standard InChI is InChI=1S/C20H16N2OS/c23-19(8-7-14-4-3-9-21-11-14)20-10-15(13-24-20)17-12-22-18-6-2-1-5-16(17)18/h1-6,9-13,22H,7-8H2. The summed E-state index contributed by atoms with van der Waals surface area (Å²) in [6, 6.07) is 14.1. The molecule has 0 unspecified atom stereocenters. The first-order valence-corrected chi connectivity index (χ1v) is 8.76. The zero-order valence-electron chi connectivity index (χ0n) is 13.0. The van der Waals surface area contributed by atoms with Crippen molar-refractivity contribution < 1.29 is 4.79 Å². The SMILES string of the molecule is O=C(CCc1cccnc1)c1cc(-c2c[nH]c3ccccc23)cs1. The van der Waals surface area contributed by atoms with E-state index in [1.165, 1.54) is 16.7 Å². The quantitative estimate of drug-likeness (QED) is 0.516. The van der Waals surface area contributed by atoms with Gasteiger partial charge in [0.2, 0.25) is 0 Å². The number of carbonyl (C=O) groups excluding carboxylic acids is 1. The summed E-state index contributed by atoms with van der Waals surface area (Å²) < 4.78 is 0. The van der Waals surface area contributed by atoms with Crippen molar-refractivity contribution in [2.45, 2.75) is 12.8 Å². The van der Waals surface area contributed by atoms with Crippen molar-refractivity contribution in [1.82, 2.24) is 9.97 Å². The molecular formula is C20H16N2OS. The van der Waals surface area contributed by atoms with Crippen molar-refractivity contribution >= 4 is 28.0 Å². The van der Waals surface area contributed by atoms with Gasteiger partial charge in [0.25, 0.3) is 0 Å². The van der Waals surface area contributed by atoms with E-state index in [9.17, 15) is 4.79 Å². The molecule has 4 heteroatoms. The highest BCUT2D eigenvalue weighted by molar-refractivity contribution is 7.12. The van der Waals surface area contributed by atoms with Crippen molar-refractivity contribution in [3.05, 3.63) is 76.9 Å². The molecule has 3 heterocycles. The molecule has 0 radical (unpaired) electrons. The number of ketones is 1. The first-order valence-electron chi connectivity index (χ1n) is 7.88. The molecule has 0 bridgehead atoms. The van der Waals surface area contributed by atoms with Crippen molar-refractivity contribution in [2.24, 2.45) is 0 Å². The highest BCUT2D eigenvalue weighted by Crippen LogP contribution is 2.32. The van der Waals surface area contributed by atoms with Crippen LogP contribution in [0.4, 0.5) is 0 Å². The number of carbonyl (C=O) groups is 1. The van der Waals surface area contributed by atoms with Crippen molar-refractivity contribution in [2.75, 3.05) is 0 Å². The van der Waals surface area contributed by atoms with Gasteiger partial charge >= 0.3 is 0 Å². The molecule has 4 rings (SSSR count). The Bertz CT molecular complexity index is 985. The van der Waals surface area contributed by atoms with Crippen LogP contribution < -0.4 is 0 Å². The van der Waals surface area contributed by atoms with Crippen LogP contribution >= 0.6 is 11.3 Å². The number of aromatic amines is 1. The zero-order chi connectivity index (χ0) is 16.4. The highest BCUT2D eigenvalue weighted by Gasteiger charge is 2.12. The van der Waals surface area contributed by atoms with E-state index in [2.05, 4.69) is 27.5 Å². The van der Waals surface area contributed by atoms with Gasteiger partial charge in [-0.15, -0.1) is 11.3 Å². The fraction of sp³-hybridized carbons (Fsp3) is 0.100. The number of nitrogens with zero attached hydrogens (tertiary/aromatic N) is 1. The lowest BCUT2D eigenvalue weighted by atomic mass is 10.1. The van der Waals surface area contributed by atoms with Gasteiger partial charge in [-0.05, 0) is 41.1 Å². The van der Waals surface area contributed by atoms with Crippen molar-refractivity contribution in [3.63, 3.8) is 0 Å². The number of para-hydroxylation sites is 1. The maximum Gasteiger partial charge on any atom is 0.173 e.